The van der Waals surface area contributed by atoms with Gasteiger partial charge < -0.3 is 19.5 Å². The second-order valence-electron chi connectivity index (χ2n) is 10.0. The van der Waals surface area contributed by atoms with Gasteiger partial charge in [0.1, 0.15) is 5.75 Å². The fraction of sp³-hybridized carbons (Fsp3) is 0.387. The van der Waals surface area contributed by atoms with Crippen molar-refractivity contribution in [1.82, 2.24) is 9.80 Å². The van der Waals surface area contributed by atoms with Crippen molar-refractivity contribution < 1.29 is 19.4 Å². The maximum Gasteiger partial charge on any atom is 0.254 e. The van der Waals surface area contributed by atoms with E-state index >= 15 is 0 Å². The van der Waals surface area contributed by atoms with E-state index < -0.39 is 0 Å². The zero-order valence-electron chi connectivity index (χ0n) is 22.3. The predicted molar refractivity (Wildman–Crippen MR) is 147 cm³/mol. The van der Waals surface area contributed by atoms with E-state index in [0.29, 0.717) is 31.8 Å². The number of methoxy groups -OCH3 is 1. The minimum absolute atomic E-state index is 0.0375. The van der Waals surface area contributed by atoms with Gasteiger partial charge >= 0.3 is 0 Å². The molecule has 0 bridgehead atoms. The molecule has 0 aliphatic carbocycles. The Labute approximate surface area is 220 Å². The zero-order valence-corrected chi connectivity index (χ0v) is 22.3. The molecule has 1 aliphatic heterocycles. The Morgan fingerprint density at radius 1 is 1.03 bits per heavy atom. The van der Waals surface area contributed by atoms with E-state index in [0.717, 1.165) is 28.0 Å². The third-order valence-corrected chi connectivity index (χ3v) is 7.22. The third kappa shape index (κ3) is 6.21. The molecule has 6 nitrogen and oxygen atoms in total. The summed E-state index contributed by atoms with van der Waals surface area (Å²) < 4.78 is 12.2. The standard InChI is InChI=1S/C31H38N2O4/c1-22-17-33(23(2)20-34)31(35)28-15-9-8-14-27(28)26-13-7-5-12-25(26)21-37-30(22)19-32(3)18-24-11-6-10-16-29(24)36-4/h5-16,22-23,30,34H,17-21H2,1-4H3/t22-,23-,30-/m0/s1. The number of carbonyl (C=O) groups excluding carboxylic acids is 1. The summed E-state index contributed by atoms with van der Waals surface area (Å²) in [7, 11) is 3.77. The normalized spacial score (nSPS) is 19.1. The lowest BCUT2D eigenvalue weighted by Gasteiger charge is -2.35. The van der Waals surface area contributed by atoms with Gasteiger partial charge in [-0.15, -0.1) is 0 Å². The van der Waals surface area contributed by atoms with Crippen LogP contribution in [-0.2, 0) is 17.9 Å². The minimum Gasteiger partial charge on any atom is -0.496 e. The topological polar surface area (TPSA) is 62.2 Å². The second kappa shape index (κ2) is 12.4. The minimum atomic E-state index is -0.314. The molecule has 0 unspecified atom stereocenters. The molecule has 0 fully saturated rings. The van der Waals surface area contributed by atoms with Crippen LogP contribution < -0.4 is 4.74 Å². The number of carbonyl (C=O) groups is 1. The van der Waals surface area contributed by atoms with Crippen LogP contribution in [0.1, 0.15) is 35.3 Å². The van der Waals surface area contributed by atoms with Crippen LogP contribution in [0.4, 0.5) is 0 Å². The summed E-state index contributed by atoms with van der Waals surface area (Å²) >= 11 is 0. The zero-order chi connectivity index (χ0) is 26.4. The number of aliphatic hydroxyl groups is 1. The third-order valence-electron chi connectivity index (χ3n) is 7.22. The molecule has 37 heavy (non-hydrogen) atoms. The van der Waals surface area contributed by atoms with Crippen LogP contribution in [0.25, 0.3) is 11.1 Å². The lowest BCUT2D eigenvalue weighted by atomic mass is 9.94. The van der Waals surface area contributed by atoms with Gasteiger partial charge in [-0.2, -0.15) is 0 Å². The van der Waals surface area contributed by atoms with Crippen LogP contribution in [0.5, 0.6) is 5.75 Å². The molecule has 196 valence electrons. The molecule has 6 heteroatoms. The van der Waals surface area contributed by atoms with E-state index in [9.17, 15) is 9.90 Å². The Hall–Kier alpha value is -3.19. The first-order chi connectivity index (χ1) is 17.9. The number of fused-ring (bicyclic) bond motifs is 3. The Balaban J connectivity index is 1.67. The van der Waals surface area contributed by atoms with Gasteiger partial charge in [0.05, 0.1) is 32.5 Å². The molecule has 4 rings (SSSR count). The van der Waals surface area contributed by atoms with Gasteiger partial charge in [-0.1, -0.05) is 67.6 Å². The van der Waals surface area contributed by atoms with Crippen molar-refractivity contribution >= 4 is 5.91 Å². The summed E-state index contributed by atoms with van der Waals surface area (Å²) in [6.07, 6.45) is -0.129. The number of rotatable bonds is 7. The summed E-state index contributed by atoms with van der Waals surface area (Å²) in [6.45, 7) is 6.25. The molecule has 1 amide bonds. The number of hydrogen-bond acceptors (Lipinski definition) is 5. The molecule has 1 heterocycles. The summed E-state index contributed by atoms with van der Waals surface area (Å²) in [5.74, 6) is 0.836. The fourth-order valence-electron chi connectivity index (χ4n) is 5.05. The van der Waals surface area contributed by atoms with E-state index in [1.165, 1.54) is 0 Å². The molecular weight excluding hydrogens is 464 g/mol. The number of ether oxygens (including phenoxy) is 2. The number of para-hydroxylation sites is 1. The number of hydrogen-bond donors (Lipinski definition) is 1. The highest BCUT2D eigenvalue weighted by Crippen LogP contribution is 2.31. The molecule has 0 spiro atoms. The molecule has 3 aromatic carbocycles. The van der Waals surface area contributed by atoms with Gasteiger partial charge in [0.15, 0.2) is 0 Å². The molecule has 1 aliphatic rings. The lowest BCUT2D eigenvalue weighted by Crippen LogP contribution is -2.47. The monoisotopic (exact) mass is 502 g/mol. The molecule has 0 saturated heterocycles. The van der Waals surface area contributed by atoms with E-state index in [1.54, 1.807) is 12.0 Å². The Morgan fingerprint density at radius 2 is 1.68 bits per heavy atom. The molecule has 0 saturated carbocycles. The van der Waals surface area contributed by atoms with E-state index in [4.69, 9.17) is 9.47 Å². The van der Waals surface area contributed by atoms with Crippen molar-refractivity contribution in [3.63, 3.8) is 0 Å². The van der Waals surface area contributed by atoms with Crippen LogP contribution in [0.15, 0.2) is 72.8 Å². The van der Waals surface area contributed by atoms with Crippen molar-refractivity contribution in [2.75, 3.05) is 33.9 Å². The average molecular weight is 503 g/mol. The van der Waals surface area contributed by atoms with E-state index in [-0.39, 0.29) is 30.6 Å². The maximum atomic E-state index is 13.9. The molecule has 1 N–H and O–H groups in total. The summed E-state index contributed by atoms with van der Waals surface area (Å²) in [4.78, 5) is 17.9. The fourth-order valence-corrected chi connectivity index (χ4v) is 5.05. The van der Waals surface area contributed by atoms with Crippen LogP contribution >= 0.6 is 0 Å². The van der Waals surface area contributed by atoms with Crippen molar-refractivity contribution in [2.45, 2.75) is 39.1 Å². The predicted octanol–water partition coefficient (Wildman–Crippen LogP) is 4.85. The largest absolute Gasteiger partial charge is 0.496 e. The average Bonchev–Trinajstić information content (AvgIpc) is 2.94. The first kappa shape index (κ1) is 26.9. The number of aliphatic hydroxyl groups excluding tert-OH is 1. The van der Waals surface area contributed by atoms with Crippen molar-refractivity contribution in [1.29, 1.82) is 0 Å². The van der Waals surface area contributed by atoms with Crippen molar-refractivity contribution in [3.8, 4) is 16.9 Å². The van der Waals surface area contributed by atoms with Gasteiger partial charge in [0, 0.05) is 36.7 Å². The van der Waals surface area contributed by atoms with Crippen molar-refractivity contribution in [3.05, 3.63) is 89.5 Å². The Morgan fingerprint density at radius 3 is 2.41 bits per heavy atom. The molecule has 3 aromatic rings. The van der Waals surface area contributed by atoms with Gasteiger partial charge in [0.25, 0.3) is 5.91 Å². The van der Waals surface area contributed by atoms with Crippen LogP contribution in [0.2, 0.25) is 0 Å². The van der Waals surface area contributed by atoms with Gasteiger partial charge in [0.2, 0.25) is 0 Å². The number of nitrogens with zero attached hydrogens (tertiary/aromatic N) is 2. The highest BCUT2D eigenvalue weighted by Gasteiger charge is 2.30. The van der Waals surface area contributed by atoms with Gasteiger partial charge in [-0.05, 0) is 42.8 Å². The lowest BCUT2D eigenvalue weighted by molar-refractivity contribution is -0.0241. The smallest absolute Gasteiger partial charge is 0.254 e. The van der Waals surface area contributed by atoms with E-state index in [1.807, 2.05) is 61.5 Å². The highest BCUT2D eigenvalue weighted by atomic mass is 16.5. The SMILES string of the molecule is COc1ccccc1CN(C)C[C@@H]1OCc2ccccc2-c2ccccc2C(=O)N([C@@H](C)CO)C[C@@H]1C. The Bertz CT molecular complexity index is 1200. The second-order valence-corrected chi connectivity index (χ2v) is 10.0. The maximum absolute atomic E-state index is 13.9. The Kier molecular flexibility index (Phi) is 8.98. The van der Waals surface area contributed by atoms with Gasteiger partial charge in [-0.25, -0.2) is 0 Å². The van der Waals surface area contributed by atoms with Crippen molar-refractivity contribution in [2.24, 2.45) is 5.92 Å². The quantitative estimate of drug-likeness (QED) is 0.500. The molecule has 0 radical (unpaired) electrons. The molecular formula is C31H38N2O4. The van der Waals surface area contributed by atoms with E-state index in [2.05, 4.69) is 37.1 Å². The molecule has 0 aromatic heterocycles. The number of benzene rings is 3. The highest BCUT2D eigenvalue weighted by molar-refractivity contribution is 6.01. The first-order valence-corrected chi connectivity index (χ1v) is 12.9. The first-order valence-electron chi connectivity index (χ1n) is 12.9. The number of amides is 1. The van der Waals surface area contributed by atoms with Crippen LogP contribution in [-0.4, -0.2) is 66.8 Å². The molecule has 3 atom stereocenters. The van der Waals surface area contributed by atoms with Crippen LogP contribution in [0, 0.1) is 5.92 Å². The summed E-state index contributed by atoms with van der Waals surface area (Å²) in [6, 6.07) is 23.6. The van der Waals surface area contributed by atoms with Gasteiger partial charge in [-0.3, -0.25) is 9.69 Å². The summed E-state index contributed by atoms with van der Waals surface area (Å²) in [5, 5.41) is 10.0. The number of likely N-dealkylation sites (N-methyl/N-ethyl adjacent to an activating group) is 1. The summed E-state index contributed by atoms with van der Waals surface area (Å²) in [5.41, 5.74) is 4.70. The van der Waals surface area contributed by atoms with Crippen LogP contribution in [0.3, 0.4) is 0 Å².